The summed E-state index contributed by atoms with van der Waals surface area (Å²) in [5, 5.41) is 3.47. The molecule has 4 heteroatoms. The number of nitrogens with zero attached hydrogens (tertiary/aromatic N) is 1. The number of hydrogen-bond acceptors (Lipinski definition) is 3. The first-order chi connectivity index (χ1) is 8.84. The first-order valence-electron chi connectivity index (χ1n) is 5.87. The number of rotatable bonds is 2. The average molecular weight is 305 g/mol. The molecule has 1 aromatic carbocycles. The Morgan fingerprint density at radius 3 is 3.00 bits per heavy atom. The molecule has 1 unspecified atom stereocenters. The zero-order valence-electron chi connectivity index (χ0n) is 9.77. The summed E-state index contributed by atoms with van der Waals surface area (Å²) in [6.45, 7) is 1.38. The Morgan fingerprint density at radius 1 is 1.22 bits per heavy atom. The molecule has 0 saturated carbocycles. The summed E-state index contributed by atoms with van der Waals surface area (Å²) < 4.78 is 6.45. The molecule has 18 heavy (non-hydrogen) atoms. The molecule has 0 aliphatic carbocycles. The van der Waals surface area contributed by atoms with Crippen LogP contribution < -0.4 is 5.32 Å². The first kappa shape index (κ1) is 11.7. The van der Waals surface area contributed by atoms with Crippen LogP contribution in [-0.2, 0) is 11.3 Å². The number of hydrogen-bond donors (Lipinski definition) is 1. The number of pyridine rings is 1. The Kier molecular flexibility index (Phi) is 3.30. The molecule has 3 nitrogen and oxygen atoms in total. The van der Waals surface area contributed by atoms with Gasteiger partial charge in [-0.2, -0.15) is 0 Å². The van der Waals surface area contributed by atoms with Gasteiger partial charge in [-0.05, 0) is 39.2 Å². The van der Waals surface area contributed by atoms with Crippen molar-refractivity contribution in [3.8, 4) is 0 Å². The van der Waals surface area contributed by atoms with Crippen LogP contribution in [0.15, 0.2) is 47.2 Å². The van der Waals surface area contributed by atoms with Crippen LogP contribution in [0.25, 0.3) is 0 Å². The molecule has 1 aliphatic heterocycles. The molecule has 0 fully saturated rings. The SMILES string of the molecule is Brc1ncccc1NC1COCc2ccccc21. The van der Waals surface area contributed by atoms with Crippen molar-refractivity contribution >= 4 is 21.6 Å². The Bertz CT molecular complexity index is 559. The monoisotopic (exact) mass is 304 g/mol. The minimum Gasteiger partial charge on any atom is -0.374 e. The smallest absolute Gasteiger partial charge is 0.129 e. The fraction of sp³-hybridized carbons (Fsp3) is 0.214. The molecule has 1 N–H and O–H groups in total. The minimum atomic E-state index is 0.176. The van der Waals surface area contributed by atoms with Gasteiger partial charge in [0, 0.05) is 6.20 Å². The van der Waals surface area contributed by atoms with Crippen LogP contribution >= 0.6 is 15.9 Å². The van der Waals surface area contributed by atoms with Crippen LogP contribution in [0.3, 0.4) is 0 Å². The third-order valence-corrected chi connectivity index (χ3v) is 3.69. The zero-order valence-corrected chi connectivity index (χ0v) is 11.4. The minimum absolute atomic E-state index is 0.176. The summed E-state index contributed by atoms with van der Waals surface area (Å²) in [7, 11) is 0. The topological polar surface area (TPSA) is 34.2 Å². The number of anilines is 1. The van der Waals surface area contributed by atoms with E-state index in [1.165, 1.54) is 11.1 Å². The highest BCUT2D eigenvalue weighted by Gasteiger charge is 2.20. The van der Waals surface area contributed by atoms with E-state index >= 15 is 0 Å². The lowest BCUT2D eigenvalue weighted by Crippen LogP contribution is -2.23. The molecule has 0 radical (unpaired) electrons. The lowest BCUT2D eigenvalue weighted by Gasteiger charge is -2.27. The fourth-order valence-electron chi connectivity index (χ4n) is 2.18. The van der Waals surface area contributed by atoms with Crippen molar-refractivity contribution in [3.63, 3.8) is 0 Å². The number of ether oxygens (including phenoxy) is 1. The van der Waals surface area contributed by atoms with Crippen LogP contribution in [0.1, 0.15) is 17.2 Å². The zero-order chi connectivity index (χ0) is 12.4. The second kappa shape index (κ2) is 5.08. The molecule has 0 spiro atoms. The molecule has 1 atom stereocenters. The maximum absolute atomic E-state index is 5.62. The van der Waals surface area contributed by atoms with E-state index in [4.69, 9.17) is 4.74 Å². The molecule has 1 aliphatic rings. The third kappa shape index (κ3) is 2.26. The Hall–Kier alpha value is -1.39. The second-order valence-corrected chi connectivity index (χ2v) is 5.00. The van der Waals surface area contributed by atoms with Crippen molar-refractivity contribution in [2.75, 3.05) is 11.9 Å². The summed E-state index contributed by atoms with van der Waals surface area (Å²) in [4.78, 5) is 4.21. The molecule has 0 bridgehead atoms. The number of benzene rings is 1. The highest BCUT2D eigenvalue weighted by Crippen LogP contribution is 2.29. The molecule has 3 rings (SSSR count). The van der Waals surface area contributed by atoms with Gasteiger partial charge in [0.15, 0.2) is 0 Å². The van der Waals surface area contributed by atoms with Crippen LogP contribution in [0.5, 0.6) is 0 Å². The lowest BCUT2D eigenvalue weighted by atomic mass is 9.99. The molecule has 2 aromatic rings. The number of nitrogens with one attached hydrogen (secondary N) is 1. The quantitative estimate of drug-likeness (QED) is 0.862. The molecule has 1 aromatic heterocycles. The van der Waals surface area contributed by atoms with E-state index in [1.807, 2.05) is 18.2 Å². The van der Waals surface area contributed by atoms with Crippen LogP contribution in [0.2, 0.25) is 0 Å². The van der Waals surface area contributed by atoms with Gasteiger partial charge in [-0.3, -0.25) is 0 Å². The van der Waals surface area contributed by atoms with Crippen LogP contribution in [0, 0.1) is 0 Å². The second-order valence-electron chi connectivity index (χ2n) is 4.25. The predicted octanol–water partition coefficient (Wildman–Crippen LogP) is 3.53. The molecular formula is C14H13BrN2O. The summed E-state index contributed by atoms with van der Waals surface area (Å²) in [5.74, 6) is 0. The molecular weight excluding hydrogens is 292 g/mol. The number of aromatic nitrogens is 1. The lowest BCUT2D eigenvalue weighted by molar-refractivity contribution is 0.0970. The van der Waals surface area contributed by atoms with Crippen LogP contribution in [0.4, 0.5) is 5.69 Å². The van der Waals surface area contributed by atoms with E-state index in [0.29, 0.717) is 13.2 Å². The number of halogens is 1. The van der Waals surface area contributed by atoms with Crippen molar-refractivity contribution < 1.29 is 4.74 Å². The van der Waals surface area contributed by atoms with Gasteiger partial charge in [-0.1, -0.05) is 24.3 Å². The van der Waals surface area contributed by atoms with Crippen molar-refractivity contribution in [1.29, 1.82) is 0 Å². The predicted molar refractivity (Wildman–Crippen MR) is 74.4 cm³/mol. The number of fused-ring (bicyclic) bond motifs is 1. The maximum atomic E-state index is 5.62. The maximum Gasteiger partial charge on any atom is 0.129 e. The van der Waals surface area contributed by atoms with E-state index in [0.717, 1.165) is 10.3 Å². The molecule has 0 saturated heterocycles. The van der Waals surface area contributed by atoms with E-state index in [9.17, 15) is 0 Å². The van der Waals surface area contributed by atoms with Gasteiger partial charge in [0.05, 0.1) is 24.9 Å². The van der Waals surface area contributed by atoms with E-state index in [2.05, 4.69) is 44.4 Å². The summed E-state index contributed by atoms with van der Waals surface area (Å²) in [5.41, 5.74) is 3.54. The van der Waals surface area contributed by atoms with Gasteiger partial charge in [0.1, 0.15) is 4.60 Å². The first-order valence-corrected chi connectivity index (χ1v) is 6.66. The van der Waals surface area contributed by atoms with Crippen LogP contribution in [-0.4, -0.2) is 11.6 Å². The van der Waals surface area contributed by atoms with Crippen molar-refractivity contribution in [2.45, 2.75) is 12.6 Å². The summed E-state index contributed by atoms with van der Waals surface area (Å²) in [6, 6.07) is 12.5. The Labute approximate surface area is 114 Å². The van der Waals surface area contributed by atoms with Crippen molar-refractivity contribution in [3.05, 3.63) is 58.3 Å². The van der Waals surface area contributed by atoms with E-state index in [-0.39, 0.29) is 6.04 Å². The van der Waals surface area contributed by atoms with Gasteiger partial charge < -0.3 is 10.1 Å². The van der Waals surface area contributed by atoms with E-state index < -0.39 is 0 Å². The Balaban J connectivity index is 1.89. The summed E-state index contributed by atoms with van der Waals surface area (Å²) >= 11 is 3.45. The Morgan fingerprint density at radius 2 is 2.11 bits per heavy atom. The molecule has 0 amide bonds. The van der Waals surface area contributed by atoms with Gasteiger partial charge >= 0.3 is 0 Å². The van der Waals surface area contributed by atoms with Crippen molar-refractivity contribution in [2.24, 2.45) is 0 Å². The third-order valence-electron chi connectivity index (χ3n) is 3.06. The van der Waals surface area contributed by atoms with Gasteiger partial charge in [-0.15, -0.1) is 0 Å². The van der Waals surface area contributed by atoms with Gasteiger partial charge in [0.25, 0.3) is 0 Å². The fourth-order valence-corrected chi connectivity index (χ4v) is 2.55. The average Bonchev–Trinajstić information content (AvgIpc) is 2.42. The normalized spacial score (nSPS) is 18.2. The standard InChI is InChI=1S/C14H13BrN2O/c15-14-12(6-3-7-16-14)17-13-9-18-8-10-4-1-2-5-11(10)13/h1-7,13,17H,8-9H2. The van der Waals surface area contributed by atoms with Gasteiger partial charge in [0.2, 0.25) is 0 Å². The molecule has 92 valence electrons. The largest absolute Gasteiger partial charge is 0.374 e. The van der Waals surface area contributed by atoms with E-state index in [1.54, 1.807) is 6.20 Å². The summed E-state index contributed by atoms with van der Waals surface area (Å²) in [6.07, 6.45) is 1.76. The van der Waals surface area contributed by atoms with Crippen molar-refractivity contribution in [1.82, 2.24) is 4.98 Å². The molecule has 2 heterocycles. The highest BCUT2D eigenvalue weighted by molar-refractivity contribution is 9.10. The van der Waals surface area contributed by atoms with Gasteiger partial charge in [-0.25, -0.2) is 4.98 Å². The highest BCUT2D eigenvalue weighted by atomic mass is 79.9.